The molecule has 0 aliphatic carbocycles. The van der Waals surface area contributed by atoms with Crippen molar-refractivity contribution in [3.05, 3.63) is 26.9 Å². The molecule has 0 bridgehead atoms. The molecular weight excluding hydrogens is 378 g/mol. The Hall–Kier alpha value is -0.500. The molecule has 0 atom stereocenters. The van der Waals surface area contributed by atoms with Gasteiger partial charge >= 0.3 is 0 Å². The zero-order valence-corrected chi connectivity index (χ0v) is 13.9. The Morgan fingerprint density at radius 2 is 2.21 bits per heavy atom. The zero-order valence-electron chi connectivity index (χ0n) is 10.7. The van der Waals surface area contributed by atoms with Gasteiger partial charge in [0, 0.05) is 48.3 Å². The molecule has 5 nitrogen and oxygen atoms in total. The average molecular weight is 395 g/mol. The summed E-state index contributed by atoms with van der Waals surface area (Å²) >= 11 is 6.80. The van der Waals surface area contributed by atoms with Crippen LogP contribution in [-0.2, 0) is 16.1 Å². The second-order valence-corrected chi connectivity index (χ2v) is 5.62. The number of ether oxygens (including phenoxy) is 1. The van der Waals surface area contributed by atoms with Gasteiger partial charge < -0.3 is 15.4 Å². The van der Waals surface area contributed by atoms with Crippen molar-refractivity contribution in [3.8, 4) is 0 Å². The summed E-state index contributed by atoms with van der Waals surface area (Å²) in [6.45, 7) is 2.33. The minimum Gasteiger partial charge on any atom is -0.383 e. The van der Waals surface area contributed by atoms with Crippen LogP contribution in [0.4, 0.5) is 0 Å². The minimum absolute atomic E-state index is 0.0207. The first-order chi connectivity index (χ1) is 9.13. The Kier molecular flexibility index (Phi) is 8.20. The molecule has 0 saturated heterocycles. The van der Waals surface area contributed by atoms with Crippen molar-refractivity contribution >= 4 is 37.8 Å². The fourth-order valence-corrected chi connectivity index (χ4v) is 2.49. The van der Waals surface area contributed by atoms with Gasteiger partial charge in [0.2, 0.25) is 5.91 Å². The predicted molar refractivity (Wildman–Crippen MR) is 80.8 cm³/mol. The molecule has 106 valence electrons. The van der Waals surface area contributed by atoms with E-state index in [0.29, 0.717) is 32.7 Å². The molecule has 1 aromatic rings. The maximum absolute atomic E-state index is 11.4. The van der Waals surface area contributed by atoms with Gasteiger partial charge in [0.1, 0.15) is 0 Å². The van der Waals surface area contributed by atoms with Crippen molar-refractivity contribution < 1.29 is 9.53 Å². The number of amides is 1. The molecule has 1 heterocycles. The largest absolute Gasteiger partial charge is 0.383 e. The third kappa shape index (κ3) is 7.00. The highest BCUT2D eigenvalue weighted by Crippen LogP contribution is 2.19. The fourth-order valence-electron chi connectivity index (χ4n) is 1.36. The summed E-state index contributed by atoms with van der Waals surface area (Å²) in [5.41, 5.74) is 0.919. The van der Waals surface area contributed by atoms with Crippen molar-refractivity contribution in [2.75, 3.05) is 26.8 Å². The number of carbonyl (C=O) groups is 1. The lowest BCUT2D eigenvalue weighted by atomic mass is 10.3. The minimum atomic E-state index is 0.0207. The molecule has 0 spiro atoms. The normalized spacial score (nSPS) is 10.5. The van der Waals surface area contributed by atoms with E-state index >= 15 is 0 Å². The summed E-state index contributed by atoms with van der Waals surface area (Å²) in [7, 11) is 1.61. The third-order valence-corrected chi connectivity index (χ3v) is 3.45. The molecular formula is C12H17Br2N3O2. The van der Waals surface area contributed by atoms with Crippen LogP contribution in [0.15, 0.2) is 21.2 Å². The maximum Gasteiger partial charge on any atom is 0.221 e. The molecule has 1 aromatic heterocycles. The highest BCUT2D eigenvalue weighted by Gasteiger charge is 2.03. The Labute approximate surface area is 129 Å². The number of aromatic nitrogens is 1. The number of hydrogen-bond donors (Lipinski definition) is 2. The SMILES string of the molecule is COCCNC(=O)CCNCc1ncc(Br)cc1Br. The van der Waals surface area contributed by atoms with Gasteiger partial charge in [0.05, 0.1) is 12.3 Å². The van der Waals surface area contributed by atoms with Gasteiger partial charge in [-0.1, -0.05) is 0 Å². The number of nitrogens with one attached hydrogen (secondary N) is 2. The topological polar surface area (TPSA) is 63.2 Å². The molecule has 0 aliphatic heterocycles. The summed E-state index contributed by atoms with van der Waals surface area (Å²) < 4.78 is 6.73. The Bertz CT molecular complexity index is 416. The van der Waals surface area contributed by atoms with E-state index in [1.165, 1.54) is 0 Å². The molecule has 0 radical (unpaired) electrons. The van der Waals surface area contributed by atoms with Gasteiger partial charge in [-0.3, -0.25) is 9.78 Å². The number of carbonyl (C=O) groups excluding carboxylic acids is 1. The van der Waals surface area contributed by atoms with Crippen LogP contribution in [0.1, 0.15) is 12.1 Å². The molecule has 2 N–H and O–H groups in total. The Morgan fingerprint density at radius 3 is 2.89 bits per heavy atom. The fraction of sp³-hybridized carbons (Fsp3) is 0.500. The van der Waals surface area contributed by atoms with E-state index in [-0.39, 0.29) is 5.91 Å². The number of pyridine rings is 1. The molecule has 0 aromatic carbocycles. The number of halogens is 2. The van der Waals surface area contributed by atoms with Gasteiger partial charge in [-0.15, -0.1) is 0 Å². The Morgan fingerprint density at radius 1 is 1.42 bits per heavy atom. The zero-order chi connectivity index (χ0) is 14.1. The van der Waals surface area contributed by atoms with Crippen LogP contribution in [0.3, 0.4) is 0 Å². The van der Waals surface area contributed by atoms with Crippen molar-refractivity contribution in [3.63, 3.8) is 0 Å². The van der Waals surface area contributed by atoms with Crippen molar-refractivity contribution in [1.82, 2.24) is 15.6 Å². The second kappa shape index (κ2) is 9.41. The van der Waals surface area contributed by atoms with Gasteiger partial charge in [-0.05, 0) is 37.9 Å². The highest BCUT2D eigenvalue weighted by atomic mass is 79.9. The monoisotopic (exact) mass is 393 g/mol. The lowest BCUT2D eigenvalue weighted by Crippen LogP contribution is -2.30. The lowest BCUT2D eigenvalue weighted by molar-refractivity contribution is -0.121. The molecule has 0 saturated carbocycles. The van der Waals surface area contributed by atoms with E-state index in [4.69, 9.17) is 4.74 Å². The van der Waals surface area contributed by atoms with E-state index in [9.17, 15) is 4.79 Å². The lowest BCUT2D eigenvalue weighted by Gasteiger charge is -2.07. The van der Waals surface area contributed by atoms with E-state index in [1.54, 1.807) is 13.3 Å². The van der Waals surface area contributed by atoms with Crippen molar-refractivity contribution in [1.29, 1.82) is 0 Å². The molecule has 1 rings (SSSR count). The number of hydrogen-bond acceptors (Lipinski definition) is 4. The maximum atomic E-state index is 11.4. The van der Waals surface area contributed by atoms with Gasteiger partial charge in [-0.25, -0.2) is 0 Å². The van der Waals surface area contributed by atoms with Crippen LogP contribution >= 0.6 is 31.9 Å². The first-order valence-corrected chi connectivity index (χ1v) is 7.48. The van der Waals surface area contributed by atoms with Gasteiger partial charge in [-0.2, -0.15) is 0 Å². The molecule has 1 amide bonds. The molecule has 0 unspecified atom stereocenters. The van der Waals surface area contributed by atoms with Crippen LogP contribution in [0.5, 0.6) is 0 Å². The second-order valence-electron chi connectivity index (χ2n) is 3.85. The summed E-state index contributed by atoms with van der Waals surface area (Å²) in [5, 5.41) is 5.95. The van der Waals surface area contributed by atoms with Crippen LogP contribution < -0.4 is 10.6 Å². The smallest absolute Gasteiger partial charge is 0.221 e. The van der Waals surface area contributed by atoms with Crippen LogP contribution in [0, 0.1) is 0 Å². The van der Waals surface area contributed by atoms with E-state index in [1.807, 2.05) is 6.07 Å². The highest BCUT2D eigenvalue weighted by molar-refractivity contribution is 9.11. The van der Waals surface area contributed by atoms with E-state index in [0.717, 1.165) is 14.6 Å². The van der Waals surface area contributed by atoms with Crippen molar-refractivity contribution in [2.45, 2.75) is 13.0 Å². The van der Waals surface area contributed by atoms with E-state index in [2.05, 4.69) is 47.5 Å². The molecule has 19 heavy (non-hydrogen) atoms. The van der Waals surface area contributed by atoms with Gasteiger partial charge in [0.15, 0.2) is 0 Å². The number of rotatable bonds is 8. The molecule has 7 heteroatoms. The van der Waals surface area contributed by atoms with Crippen LogP contribution in [-0.4, -0.2) is 37.7 Å². The quantitative estimate of drug-likeness (QED) is 0.660. The summed E-state index contributed by atoms with van der Waals surface area (Å²) in [4.78, 5) is 15.7. The van der Waals surface area contributed by atoms with Gasteiger partial charge in [0.25, 0.3) is 0 Å². The predicted octanol–water partition coefficient (Wildman–Crippen LogP) is 1.85. The number of nitrogens with zero attached hydrogens (tertiary/aromatic N) is 1. The van der Waals surface area contributed by atoms with E-state index < -0.39 is 0 Å². The summed E-state index contributed by atoms with van der Waals surface area (Å²) in [5.74, 6) is 0.0207. The van der Waals surface area contributed by atoms with Crippen LogP contribution in [0.2, 0.25) is 0 Å². The standard InChI is InChI=1S/C12H17Br2N3O2/c1-19-5-4-16-12(18)2-3-15-8-11-10(14)6-9(13)7-17-11/h6-7,15H,2-5,8H2,1H3,(H,16,18). The number of methoxy groups -OCH3 is 1. The average Bonchev–Trinajstić information content (AvgIpc) is 2.37. The third-order valence-electron chi connectivity index (χ3n) is 2.33. The molecule has 0 fully saturated rings. The Balaban J connectivity index is 2.18. The van der Waals surface area contributed by atoms with Crippen LogP contribution in [0.25, 0.3) is 0 Å². The first kappa shape index (κ1) is 16.6. The summed E-state index contributed by atoms with van der Waals surface area (Å²) in [6.07, 6.45) is 2.19. The molecule has 0 aliphatic rings. The first-order valence-electron chi connectivity index (χ1n) is 5.89. The van der Waals surface area contributed by atoms with Crippen molar-refractivity contribution in [2.24, 2.45) is 0 Å². The summed E-state index contributed by atoms with van der Waals surface area (Å²) in [6, 6.07) is 1.95.